The molecule has 1 heterocycles. The van der Waals surface area contributed by atoms with E-state index in [2.05, 4.69) is 22.2 Å². The standard InChI is InChI=1S/C32H30F2N4O7.C3H6.CH3F/c1-18(44-29(39)16-35)17-43-28-15-24-22(14-27(28)42-2)25(9-12-36-24)45-26-8-7-21(13-23(26)34)38-31(41)32(10-11-32)30(40)37-20-5-3-19(33)4-6-20;1-3-2;1-2/h3-9,12-15,18H,10-11,16-17,35H2,1-2H3,(H,37,40)(H,38,41);3H,1H2,2H3;1H3. The summed E-state index contributed by atoms with van der Waals surface area (Å²) in [5.41, 5.74) is 4.94. The number of aromatic nitrogens is 1. The summed E-state index contributed by atoms with van der Waals surface area (Å²) in [7, 11) is 1.95. The number of nitrogens with zero attached hydrogens (tertiary/aromatic N) is 1. The number of amides is 2. The molecule has 2 amide bonds. The SMILES string of the molecule is C=CC.CF.COc1cc2c(Oc3ccc(NC(=O)C4(C(=O)Nc5ccc(F)cc5)CC4)cc3F)ccnc2cc1OCC(C)OC(=O)CN. The molecule has 266 valence electrons. The number of esters is 1. The van der Waals surface area contributed by atoms with E-state index in [0.29, 0.717) is 48.1 Å². The zero-order valence-corrected chi connectivity index (χ0v) is 28.1. The Hall–Kier alpha value is -5.63. The van der Waals surface area contributed by atoms with Crippen LogP contribution >= 0.6 is 0 Å². The van der Waals surface area contributed by atoms with Crippen LogP contribution in [0.5, 0.6) is 23.0 Å². The molecule has 4 N–H and O–H groups in total. The van der Waals surface area contributed by atoms with Crippen LogP contribution in [-0.2, 0) is 19.1 Å². The number of carbonyl (C=O) groups excluding carboxylic acids is 3. The first kappa shape index (κ1) is 38.8. The number of rotatable bonds is 12. The highest BCUT2D eigenvalue weighted by atomic mass is 19.1. The second kappa shape index (κ2) is 18.2. The summed E-state index contributed by atoms with van der Waals surface area (Å²) in [6.07, 6.45) is 3.31. The first-order chi connectivity index (χ1) is 24.0. The Kier molecular flexibility index (Phi) is 14.1. The fourth-order valence-corrected chi connectivity index (χ4v) is 4.50. The molecule has 50 heavy (non-hydrogen) atoms. The van der Waals surface area contributed by atoms with E-state index in [9.17, 15) is 23.2 Å². The third-order valence-electron chi connectivity index (χ3n) is 7.09. The van der Waals surface area contributed by atoms with Crippen molar-refractivity contribution >= 4 is 40.1 Å². The fourth-order valence-electron chi connectivity index (χ4n) is 4.50. The summed E-state index contributed by atoms with van der Waals surface area (Å²) < 4.78 is 60.1. The summed E-state index contributed by atoms with van der Waals surface area (Å²) in [6, 6.07) is 13.9. The van der Waals surface area contributed by atoms with Gasteiger partial charge in [-0.1, -0.05) is 6.08 Å². The van der Waals surface area contributed by atoms with Gasteiger partial charge in [0.1, 0.15) is 29.7 Å². The van der Waals surface area contributed by atoms with Crippen molar-refractivity contribution in [3.8, 4) is 23.0 Å². The average Bonchev–Trinajstić information content (AvgIpc) is 3.93. The highest BCUT2D eigenvalue weighted by Crippen LogP contribution is 2.47. The van der Waals surface area contributed by atoms with Crippen molar-refractivity contribution in [2.75, 3.05) is 38.1 Å². The normalized spacial score (nSPS) is 12.8. The van der Waals surface area contributed by atoms with Crippen LogP contribution in [0.15, 0.2) is 79.5 Å². The molecule has 4 aromatic rings. The second-order valence-electron chi connectivity index (χ2n) is 10.8. The summed E-state index contributed by atoms with van der Waals surface area (Å²) in [6.45, 7) is 6.71. The third kappa shape index (κ3) is 9.95. The van der Waals surface area contributed by atoms with E-state index in [-0.39, 0.29) is 30.3 Å². The number of halogens is 3. The molecule has 1 unspecified atom stereocenters. The van der Waals surface area contributed by atoms with E-state index >= 15 is 4.39 Å². The third-order valence-corrected chi connectivity index (χ3v) is 7.09. The van der Waals surface area contributed by atoms with E-state index in [1.54, 1.807) is 31.2 Å². The second-order valence-corrected chi connectivity index (χ2v) is 10.8. The van der Waals surface area contributed by atoms with Crippen LogP contribution in [0.4, 0.5) is 24.5 Å². The maximum Gasteiger partial charge on any atom is 0.320 e. The van der Waals surface area contributed by atoms with Gasteiger partial charge in [-0.15, -0.1) is 6.58 Å². The highest BCUT2D eigenvalue weighted by molar-refractivity contribution is 6.16. The lowest BCUT2D eigenvalue weighted by Gasteiger charge is -2.17. The van der Waals surface area contributed by atoms with Crippen molar-refractivity contribution < 1.29 is 46.5 Å². The predicted octanol–water partition coefficient (Wildman–Crippen LogP) is 6.72. The maximum absolute atomic E-state index is 15.2. The molecule has 1 aliphatic rings. The van der Waals surface area contributed by atoms with Gasteiger partial charge in [0.05, 0.1) is 26.3 Å². The molecule has 0 bridgehead atoms. The van der Waals surface area contributed by atoms with Gasteiger partial charge in [-0.05, 0) is 75.2 Å². The maximum atomic E-state index is 15.2. The quantitative estimate of drug-likeness (QED) is 0.0833. The van der Waals surface area contributed by atoms with Gasteiger partial charge >= 0.3 is 5.97 Å². The number of nitrogens with one attached hydrogen (secondary N) is 2. The molecule has 0 spiro atoms. The average molecular weight is 697 g/mol. The molecule has 5 rings (SSSR count). The minimum absolute atomic E-state index is 0.0396. The molecule has 0 aliphatic heterocycles. The molecular weight excluding hydrogens is 657 g/mol. The molecule has 1 atom stereocenters. The van der Waals surface area contributed by atoms with E-state index in [0.717, 1.165) is 6.07 Å². The number of hydrogen-bond acceptors (Lipinski definition) is 9. The largest absolute Gasteiger partial charge is 0.493 e. The molecule has 14 heteroatoms. The minimum atomic E-state index is -1.30. The number of alkyl halides is 1. The Bertz CT molecular complexity index is 1800. The molecule has 1 aliphatic carbocycles. The monoisotopic (exact) mass is 696 g/mol. The van der Waals surface area contributed by atoms with Crippen LogP contribution in [0.2, 0.25) is 0 Å². The number of anilines is 2. The molecule has 1 aromatic heterocycles. The van der Waals surface area contributed by atoms with Gasteiger partial charge in [-0.25, -0.2) is 8.78 Å². The topological polar surface area (TPSA) is 151 Å². The van der Waals surface area contributed by atoms with Gasteiger partial charge in [0.2, 0.25) is 11.8 Å². The molecule has 0 saturated heterocycles. The van der Waals surface area contributed by atoms with Gasteiger partial charge in [0.25, 0.3) is 0 Å². The van der Waals surface area contributed by atoms with Crippen LogP contribution in [-0.4, -0.2) is 56.3 Å². The Morgan fingerprint density at radius 1 is 0.940 bits per heavy atom. The smallest absolute Gasteiger partial charge is 0.320 e. The number of carbonyl (C=O) groups is 3. The first-order valence-electron chi connectivity index (χ1n) is 15.3. The molecular formula is C36H39F3N4O7. The Balaban J connectivity index is 0.00000128. The van der Waals surface area contributed by atoms with Gasteiger partial charge in [-0.2, -0.15) is 0 Å². The van der Waals surface area contributed by atoms with Crippen molar-refractivity contribution in [2.45, 2.75) is 32.8 Å². The predicted molar refractivity (Wildman–Crippen MR) is 183 cm³/mol. The van der Waals surface area contributed by atoms with Crippen molar-refractivity contribution in [3.05, 3.63) is 91.1 Å². The summed E-state index contributed by atoms with van der Waals surface area (Å²) in [4.78, 5) is 41.6. The first-order valence-corrected chi connectivity index (χ1v) is 15.3. The lowest BCUT2D eigenvalue weighted by Crippen LogP contribution is -2.35. The molecule has 0 radical (unpaired) electrons. The van der Waals surface area contributed by atoms with E-state index < -0.39 is 40.9 Å². The molecule has 11 nitrogen and oxygen atoms in total. The number of pyridine rings is 1. The number of nitrogens with two attached hydrogens (primary N) is 1. The van der Waals surface area contributed by atoms with Crippen LogP contribution in [0.25, 0.3) is 10.9 Å². The van der Waals surface area contributed by atoms with Gasteiger partial charge in [0, 0.05) is 35.1 Å². The number of allylic oxidation sites excluding steroid dienone is 1. The van der Waals surface area contributed by atoms with Crippen LogP contribution in [0.1, 0.15) is 26.7 Å². The number of fused-ring (bicyclic) bond motifs is 1. The molecule has 1 saturated carbocycles. The van der Waals surface area contributed by atoms with Gasteiger partial charge in [-0.3, -0.25) is 23.8 Å². The number of methoxy groups -OCH3 is 1. The van der Waals surface area contributed by atoms with E-state index in [1.807, 2.05) is 6.92 Å². The van der Waals surface area contributed by atoms with Crippen LogP contribution in [0, 0.1) is 17.0 Å². The van der Waals surface area contributed by atoms with Crippen molar-refractivity contribution in [1.82, 2.24) is 4.98 Å². The zero-order chi connectivity index (χ0) is 36.8. The minimum Gasteiger partial charge on any atom is -0.493 e. The Labute approximate surface area is 287 Å². The molecule has 3 aromatic carbocycles. The van der Waals surface area contributed by atoms with Crippen molar-refractivity contribution in [3.63, 3.8) is 0 Å². The summed E-state index contributed by atoms with van der Waals surface area (Å²) in [5, 5.41) is 5.74. The Morgan fingerprint density at radius 2 is 1.56 bits per heavy atom. The van der Waals surface area contributed by atoms with Crippen LogP contribution in [0.3, 0.4) is 0 Å². The van der Waals surface area contributed by atoms with Gasteiger partial charge in [0.15, 0.2) is 23.1 Å². The zero-order valence-electron chi connectivity index (χ0n) is 28.1. The van der Waals surface area contributed by atoms with E-state index in [1.165, 1.54) is 49.7 Å². The summed E-state index contributed by atoms with van der Waals surface area (Å²) >= 11 is 0. The van der Waals surface area contributed by atoms with Gasteiger partial charge < -0.3 is 35.3 Å². The van der Waals surface area contributed by atoms with E-state index in [4.69, 9.17) is 24.7 Å². The van der Waals surface area contributed by atoms with Crippen LogP contribution < -0.4 is 30.6 Å². The fraction of sp³-hybridized carbons (Fsp3) is 0.278. The van der Waals surface area contributed by atoms with Crippen molar-refractivity contribution in [1.29, 1.82) is 0 Å². The Morgan fingerprint density at radius 3 is 2.14 bits per heavy atom. The summed E-state index contributed by atoms with van der Waals surface area (Å²) in [5.74, 6) is -2.02. The van der Waals surface area contributed by atoms with Crippen molar-refractivity contribution in [2.24, 2.45) is 11.1 Å². The number of ether oxygens (including phenoxy) is 4. The lowest BCUT2D eigenvalue weighted by molar-refractivity contribution is -0.147. The lowest BCUT2D eigenvalue weighted by atomic mass is 10.0. The number of hydrogen-bond donors (Lipinski definition) is 3. The molecule has 1 fully saturated rings. The number of benzene rings is 3. The highest BCUT2D eigenvalue weighted by Gasteiger charge is 2.56.